The summed E-state index contributed by atoms with van der Waals surface area (Å²) in [6, 6.07) is 10.00. The van der Waals surface area contributed by atoms with E-state index in [1.807, 2.05) is 37.3 Å². The van der Waals surface area contributed by atoms with Gasteiger partial charge in [-0.1, -0.05) is 30.3 Å². The molecule has 0 aliphatic rings. The number of halogens is 2. The number of benzene rings is 1. The molecule has 1 rings (SSSR count). The number of ether oxygens (including phenoxy) is 1. The van der Waals surface area contributed by atoms with Crippen molar-refractivity contribution < 1.29 is 4.74 Å². The number of hydrogen-bond acceptors (Lipinski definition) is 1. The van der Waals surface area contributed by atoms with Crippen LogP contribution in [0.15, 0.2) is 30.3 Å². The first-order valence-corrected chi connectivity index (χ1v) is 5.47. The third kappa shape index (κ3) is 4.32. The molecule has 0 bridgehead atoms. The van der Waals surface area contributed by atoms with Gasteiger partial charge in [0, 0.05) is 5.38 Å². The van der Waals surface area contributed by atoms with E-state index in [4.69, 9.17) is 27.9 Å². The van der Waals surface area contributed by atoms with E-state index in [1.165, 1.54) is 0 Å². The summed E-state index contributed by atoms with van der Waals surface area (Å²) in [5.41, 5.74) is 1.15. The minimum Gasteiger partial charge on any atom is -0.375 e. The molecule has 14 heavy (non-hydrogen) atoms. The fraction of sp³-hybridized carbons (Fsp3) is 0.455. The van der Waals surface area contributed by atoms with Gasteiger partial charge >= 0.3 is 0 Å². The Bertz CT molecular complexity index is 249. The second-order valence-corrected chi connectivity index (χ2v) is 4.44. The first kappa shape index (κ1) is 11.8. The van der Waals surface area contributed by atoms with Crippen LogP contribution >= 0.6 is 23.2 Å². The molecule has 0 aliphatic carbocycles. The maximum absolute atomic E-state index is 5.93. The van der Waals surface area contributed by atoms with E-state index >= 15 is 0 Å². The Labute approximate surface area is 95.0 Å². The standard InChI is InChI=1S/C11H14Cl2O/c1-9(12)11(13)8-14-7-10-5-3-2-4-6-10/h2-6,9,11H,7-8H2,1H3/t9-,11+/m1/s1. The topological polar surface area (TPSA) is 9.23 Å². The van der Waals surface area contributed by atoms with Crippen LogP contribution in [0.25, 0.3) is 0 Å². The molecule has 1 aromatic carbocycles. The molecule has 0 amide bonds. The van der Waals surface area contributed by atoms with Gasteiger partial charge in [-0.15, -0.1) is 23.2 Å². The summed E-state index contributed by atoms with van der Waals surface area (Å²) >= 11 is 11.7. The highest BCUT2D eigenvalue weighted by Crippen LogP contribution is 2.10. The maximum Gasteiger partial charge on any atom is 0.0730 e. The monoisotopic (exact) mass is 232 g/mol. The van der Waals surface area contributed by atoms with Gasteiger partial charge in [-0.3, -0.25) is 0 Å². The average Bonchev–Trinajstić information content (AvgIpc) is 2.19. The Hall–Kier alpha value is -0.240. The molecule has 0 unspecified atom stereocenters. The molecule has 0 saturated heterocycles. The molecule has 0 radical (unpaired) electrons. The molecular formula is C11H14Cl2O. The van der Waals surface area contributed by atoms with Gasteiger partial charge in [-0.05, 0) is 12.5 Å². The summed E-state index contributed by atoms with van der Waals surface area (Å²) in [4.78, 5) is 0. The molecule has 0 heterocycles. The van der Waals surface area contributed by atoms with Gasteiger partial charge in [-0.2, -0.15) is 0 Å². The van der Waals surface area contributed by atoms with Crippen molar-refractivity contribution in [2.24, 2.45) is 0 Å². The van der Waals surface area contributed by atoms with E-state index in [0.29, 0.717) is 13.2 Å². The summed E-state index contributed by atoms with van der Waals surface area (Å²) < 4.78 is 5.43. The molecule has 0 saturated carbocycles. The SMILES string of the molecule is C[C@@H](Cl)[C@@H](Cl)COCc1ccccc1. The van der Waals surface area contributed by atoms with Crippen LogP contribution < -0.4 is 0 Å². The van der Waals surface area contributed by atoms with Crippen LogP contribution in [-0.4, -0.2) is 17.4 Å². The summed E-state index contributed by atoms with van der Waals surface area (Å²) in [6.45, 7) is 2.94. The second kappa shape index (κ2) is 6.28. The highest BCUT2D eigenvalue weighted by molar-refractivity contribution is 6.29. The lowest BCUT2D eigenvalue weighted by Crippen LogP contribution is -2.17. The van der Waals surface area contributed by atoms with E-state index in [2.05, 4.69) is 0 Å². The average molecular weight is 233 g/mol. The van der Waals surface area contributed by atoms with Crippen molar-refractivity contribution in [1.29, 1.82) is 0 Å². The highest BCUT2D eigenvalue weighted by atomic mass is 35.5. The minimum atomic E-state index is -0.125. The van der Waals surface area contributed by atoms with E-state index in [-0.39, 0.29) is 10.8 Å². The van der Waals surface area contributed by atoms with Crippen molar-refractivity contribution >= 4 is 23.2 Å². The zero-order valence-corrected chi connectivity index (χ0v) is 9.63. The molecule has 0 aromatic heterocycles. The summed E-state index contributed by atoms with van der Waals surface area (Å²) in [7, 11) is 0. The summed E-state index contributed by atoms with van der Waals surface area (Å²) in [5.74, 6) is 0. The van der Waals surface area contributed by atoms with Gasteiger partial charge in [0.2, 0.25) is 0 Å². The molecule has 0 N–H and O–H groups in total. The van der Waals surface area contributed by atoms with Gasteiger partial charge in [0.15, 0.2) is 0 Å². The van der Waals surface area contributed by atoms with Gasteiger partial charge in [0.1, 0.15) is 0 Å². The Morgan fingerprint density at radius 3 is 2.43 bits per heavy atom. The fourth-order valence-electron chi connectivity index (χ4n) is 0.996. The number of hydrogen-bond donors (Lipinski definition) is 0. The van der Waals surface area contributed by atoms with E-state index < -0.39 is 0 Å². The lowest BCUT2D eigenvalue weighted by atomic mass is 10.2. The Morgan fingerprint density at radius 2 is 1.86 bits per heavy atom. The van der Waals surface area contributed by atoms with Crippen LogP contribution in [0.3, 0.4) is 0 Å². The third-order valence-corrected chi connectivity index (χ3v) is 2.82. The van der Waals surface area contributed by atoms with Crippen LogP contribution in [0.2, 0.25) is 0 Å². The first-order chi connectivity index (χ1) is 6.70. The molecule has 1 aromatic rings. The zero-order chi connectivity index (χ0) is 10.4. The van der Waals surface area contributed by atoms with Crippen LogP contribution in [-0.2, 0) is 11.3 Å². The molecule has 78 valence electrons. The molecule has 3 heteroatoms. The Kier molecular flexibility index (Phi) is 5.31. The van der Waals surface area contributed by atoms with Crippen molar-refractivity contribution in [3.05, 3.63) is 35.9 Å². The molecule has 0 aliphatic heterocycles. The minimum absolute atomic E-state index is 0.0626. The molecule has 2 atom stereocenters. The van der Waals surface area contributed by atoms with E-state index in [0.717, 1.165) is 5.56 Å². The predicted molar refractivity (Wildman–Crippen MR) is 61.1 cm³/mol. The normalized spacial score (nSPS) is 15.1. The Balaban J connectivity index is 2.22. The van der Waals surface area contributed by atoms with Gasteiger partial charge in [0.25, 0.3) is 0 Å². The van der Waals surface area contributed by atoms with Crippen molar-refractivity contribution in [3.8, 4) is 0 Å². The quantitative estimate of drug-likeness (QED) is 0.708. The van der Waals surface area contributed by atoms with E-state index in [1.54, 1.807) is 0 Å². The summed E-state index contributed by atoms with van der Waals surface area (Å²) in [6.07, 6.45) is 0. The predicted octanol–water partition coefficient (Wildman–Crippen LogP) is 3.44. The van der Waals surface area contributed by atoms with E-state index in [9.17, 15) is 0 Å². The number of rotatable bonds is 5. The zero-order valence-electron chi connectivity index (χ0n) is 8.12. The smallest absolute Gasteiger partial charge is 0.0730 e. The highest BCUT2D eigenvalue weighted by Gasteiger charge is 2.10. The van der Waals surface area contributed by atoms with Gasteiger partial charge < -0.3 is 4.74 Å². The molecule has 0 fully saturated rings. The van der Waals surface area contributed by atoms with Crippen LogP contribution in [0, 0.1) is 0 Å². The summed E-state index contributed by atoms with van der Waals surface area (Å²) in [5, 5.41) is -0.187. The van der Waals surface area contributed by atoms with Gasteiger partial charge in [0.05, 0.1) is 18.6 Å². The second-order valence-electron chi connectivity index (χ2n) is 3.19. The molecule has 1 nitrogen and oxygen atoms in total. The van der Waals surface area contributed by atoms with Crippen molar-refractivity contribution in [2.75, 3.05) is 6.61 Å². The third-order valence-electron chi connectivity index (χ3n) is 1.89. The van der Waals surface area contributed by atoms with Crippen molar-refractivity contribution in [3.63, 3.8) is 0 Å². The largest absolute Gasteiger partial charge is 0.375 e. The lowest BCUT2D eigenvalue weighted by Gasteiger charge is -2.11. The molecular weight excluding hydrogens is 219 g/mol. The van der Waals surface area contributed by atoms with Crippen molar-refractivity contribution in [2.45, 2.75) is 24.3 Å². The van der Waals surface area contributed by atoms with Gasteiger partial charge in [-0.25, -0.2) is 0 Å². The van der Waals surface area contributed by atoms with Crippen molar-refractivity contribution in [1.82, 2.24) is 0 Å². The number of alkyl halides is 2. The van der Waals surface area contributed by atoms with Crippen LogP contribution in [0.5, 0.6) is 0 Å². The maximum atomic E-state index is 5.93. The first-order valence-electron chi connectivity index (χ1n) is 4.60. The van der Waals surface area contributed by atoms with Crippen LogP contribution in [0.4, 0.5) is 0 Å². The van der Waals surface area contributed by atoms with Crippen LogP contribution in [0.1, 0.15) is 12.5 Å². The Morgan fingerprint density at radius 1 is 1.21 bits per heavy atom. The fourth-order valence-corrected chi connectivity index (χ4v) is 1.16. The lowest BCUT2D eigenvalue weighted by molar-refractivity contribution is 0.120. The molecule has 0 spiro atoms.